The Balaban J connectivity index is 2.14. The number of halogens is 1. The third-order valence-electron chi connectivity index (χ3n) is 3.42. The third-order valence-corrected chi connectivity index (χ3v) is 3.65. The molecule has 2 atom stereocenters. The monoisotopic (exact) mass is 209 g/mol. The van der Waals surface area contributed by atoms with E-state index in [1.807, 2.05) is 18.2 Å². The molecule has 74 valence electrons. The summed E-state index contributed by atoms with van der Waals surface area (Å²) in [5, 5.41) is 0.771. The summed E-state index contributed by atoms with van der Waals surface area (Å²) < 4.78 is 5.59. The van der Waals surface area contributed by atoms with Crippen molar-refractivity contribution in [2.75, 3.05) is 6.61 Å². The van der Waals surface area contributed by atoms with Crippen molar-refractivity contribution >= 4 is 11.6 Å². The molecule has 1 saturated carbocycles. The first-order chi connectivity index (χ1) is 6.72. The van der Waals surface area contributed by atoms with Crippen LogP contribution in [-0.2, 0) is 5.41 Å². The summed E-state index contributed by atoms with van der Waals surface area (Å²) >= 11 is 5.98. The summed E-state index contributed by atoms with van der Waals surface area (Å²) in [7, 11) is 0. The molecule has 0 aromatic heterocycles. The van der Waals surface area contributed by atoms with Crippen LogP contribution in [0.1, 0.15) is 18.4 Å². The molecule has 1 heterocycles. The lowest BCUT2D eigenvalue weighted by Crippen LogP contribution is -2.26. The van der Waals surface area contributed by atoms with Gasteiger partial charge in [-0.15, -0.1) is 0 Å². The second kappa shape index (κ2) is 2.65. The summed E-state index contributed by atoms with van der Waals surface area (Å²) in [5.41, 5.74) is 7.39. The highest BCUT2D eigenvalue weighted by Crippen LogP contribution is 2.55. The lowest BCUT2D eigenvalue weighted by molar-refractivity contribution is 0.258. The zero-order valence-electron chi connectivity index (χ0n) is 7.79. The second-order valence-corrected chi connectivity index (χ2v) is 4.64. The van der Waals surface area contributed by atoms with E-state index >= 15 is 0 Å². The number of benzene rings is 1. The van der Waals surface area contributed by atoms with Crippen LogP contribution < -0.4 is 10.5 Å². The van der Waals surface area contributed by atoms with E-state index in [9.17, 15) is 0 Å². The Kier molecular flexibility index (Phi) is 1.62. The van der Waals surface area contributed by atoms with Gasteiger partial charge >= 0.3 is 0 Å². The Morgan fingerprint density at radius 1 is 1.50 bits per heavy atom. The van der Waals surface area contributed by atoms with E-state index in [0.717, 1.165) is 30.2 Å². The molecule has 3 heteroatoms. The predicted octanol–water partition coefficient (Wildman–Crippen LogP) is 2.09. The standard InChI is InChI=1S/C11H12ClNO/c12-7-1-2-9-8(5-7)11(3-4-14-9)6-10(11)13/h1-2,5,10H,3-4,6,13H2/t10-,11-/m1/s1. The molecular weight excluding hydrogens is 198 g/mol. The average Bonchev–Trinajstić information content (AvgIpc) is 2.80. The highest BCUT2D eigenvalue weighted by atomic mass is 35.5. The fraction of sp³-hybridized carbons (Fsp3) is 0.455. The van der Waals surface area contributed by atoms with E-state index in [-0.39, 0.29) is 5.41 Å². The maximum absolute atomic E-state index is 6.00. The Bertz CT molecular complexity index is 393. The molecule has 1 aromatic carbocycles. The zero-order valence-corrected chi connectivity index (χ0v) is 8.55. The van der Waals surface area contributed by atoms with Crippen molar-refractivity contribution in [3.8, 4) is 5.75 Å². The number of hydrogen-bond acceptors (Lipinski definition) is 2. The van der Waals surface area contributed by atoms with E-state index in [2.05, 4.69) is 0 Å². The number of hydrogen-bond donors (Lipinski definition) is 1. The average molecular weight is 210 g/mol. The lowest BCUT2D eigenvalue weighted by Gasteiger charge is -2.26. The van der Waals surface area contributed by atoms with Crippen LogP contribution in [-0.4, -0.2) is 12.6 Å². The van der Waals surface area contributed by atoms with Gasteiger partial charge in [-0.1, -0.05) is 11.6 Å². The minimum atomic E-state index is 0.179. The van der Waals surface area contributed by atoms with E-state index < -0.39 is 0 Å². The molecule has 1 fully saturated rings. The molecule has 2 aliphatic rings. The lowest BCUT2D eigenvalue weighted by atomic mass is 9.89. The number of ether oxygens (including phenoxy) is 1. The van der Waals surface area contributed by atoms with Gasteiger partial charge in [-0.2, -0.15) is 0 Å². The van der Waals surface area contributed by atoms with E-state index in [0.29, 0.717) is 6.04 Å². The first-order valence-electron chi connectivity index (χ1n) is 4.91. The Hall–Kier alpha value is -0.730. The first-order valence-corrected chi connectivity index (χ1v) is 5.29. The van der Waals surface area contributed by atoms with E-state index in [1.54, 1.807) is 0 Å². The van der Waals surface area contributed by atoms with Gasteiger partial charge in [-0.05, 0) is 31.0 Å². The zero-order chi connectivity index (χ0) is 9.76. The van der Waals surface area contributed by atoms with Crippen LogP contribution in [0.4, 0.5) is 0 Å². The largest absolute Gasteiger partial charge is 0.493 e. The van der Waals surface area contributed by atoms with Crippen molar-refractivity contribution in [1.82, 2.24) is 0 Å². The van der Waals surface area contributed by atoms with Gasteiger partial charge in [0.2, 0.25) is 0 Å². The molecule has 14 heavy (non-hydrogen) atoms. The van der Waals surface area contributed by atoms with Gasteiger partial charge in [-0.25, -0.2) is 0 Å². The minimum absolute atomic E-state index is 0.179. The second-order valence-electron chi connectivity index (χ2n) is 4.21. The summed E-state index contributed by atoms with van der Waals surface area (Å²) in [4.78, 5) is 0. The van der Waals surface area contributed by atoms with Gasteiger partial charge < -0.3 is 10.5 Å². The van der Waals surface area contributed by atoms with Gasteiger partial charge in [0.15, 0.2) is 0 Å². The Labute approximate surface area is 88.0 Å². The number of rotatable bonds is 0. The van der Waals surface area contributed by atoms with Crippen LogP contribution in [0.25, 0.3) is 0 Å². The van der Waals surface area contributed by atoms with Gasteiger partial charge in [0.25, 0.3) is 0 Å². The molecule has 0 saturated heterocycles. The molecule has 3 rings (SSSR count). The van der Waals surface area contributed by atoms with Crippen LogP contribution in [0.15, 0.2) is 18.2 Å². The van der Waals surface area contributed by atoms with Crippen LogP contribution in [0.2, 0.25) is 5.02 Å². The normalized spacial score (nSPS) is 33.7. The van der Waals surface area contributed by atoms with Crippen molar-refractivity contribution in [3.05, 3.63) is 28.8 Å². The van der Waals surface area contributed by atoms with Gasteiger partial charge in [-0.3, -0.25) is 0 Å². The molecule has 1 aliphatic carbocycles. The summed E-state index contributed by atoms with van der Waals surface area (Å²) in [6, 6.07) is 6.11. The Morgan fingerprint density at radius 3 is 3.00 bits per heavy atom. The van der Waals surface area contributed by atoms with Crippen LogP contribution in [0.3, 0.4) is 0 Å². The van der Waals surface area contributed by atoms with Crippen LogP contribution in [0, 0.1) is 0 Å². The van der Waals surface area contributed by atoms with Crippen LogP contribution >= 0.6 is 11.6 Å². The van der Waals surface area contributed by atoms with Crippen LogP contribution in [0.5, 0.6) is 5.75 Å². The topological polar surface area (TPSA) is 35.2 Å². The molecule has 2 nitrogen and oxygen atoms in total. The third kappa shape index (κ3) is 1.01. The fourth-order valence-electron chi connectivity index (χ4n) is 2.43. The Morgan fingerprint density at radius 2 is 2.29 bits per heavy atom. The summed E-state index contributed by atoms with van der Waals surface area (Å²) in [6.07, 6.45) is 2.10. The van der Waals surface area contributed by atoms with Crippen molar-refractivity contribution in [2.24, 2.45) is 5.73 Å². The van der Waals surface area contributed by atoms with Crippen molar-refractivity contribution < 1.29 is 4.74 Å². The van der Waals surface area contributed by atoms with Gasteiger partial charge in [0.05, 0.1) is 6.61 Å². The van der Waals surface area contributed by atoms with Crippen molar-refractivity contribution in [1.29, 1.82) is 0 Å². The fourth-order valence-corrected chi connectivity index (χ4v) is 2.60. The quantitative estimate of drug-likeness (QED) is 0.710. The SMILES string of the molecule is N[C@@H]1C[C@@]12CCOc1ccc(Cl)cc12. The smallest absolute Gasteiger partial charge is 0.123 e. The molecule has 0 bridgehead atoms. The van der Waals surface area contributed by atoms with Crippen molar-refractivity contribution in [2.45, 2.75) is 24.3 Å². The maximum atomic E-state index is 6.00. The molecule has 1 spiro atoms. The van der Waals surface area contributed by atoms with E-state index in [1.165, 1.54) is 5.56 Å². The molecule has 2 N–H and O–H groups in total. The molecule has 0 amide bonds. The molecule has 1 aromatic rings. The molecule has 1 aliphatic heterocycles. The number of fused-ring (bicyclic) bond motifs is 2. The summed E-state index contributed by atoms with van der Waals surface area (Å²) in [5.74, 6) is 0.966. The maximum Gasteiger partial charge on any atom is 0.123 e. The highest BCUT2D eigenvalue weighted by molar-refractivity contribution is 6.30. The first kappa shape index (κ1) is 8.57. The van der Waals surface area contributed by atoms with Crippen molar-refractivity contribution in [3.63, 3.8) is 0 Å². The molecule has 0 radical (unpaired) electrons. The minimum Gasteiger partial charge on any atom is -0.493 e. The summed E-state index contributed by atoms with van der Waals surface area (Å²) in [6.45, 7) is 0.780. The van der Waals surface area contributed by atoms with Gasteiger partial charge in [0.1, 0.15) is 5.75 Å². The van der Waals surface area contributed by atoms with E-state index in [4.69, 9.17) is 22.1 Å². The highest BCUT2D eigenvalue weighted by Gasteiger charge is 2.55. The number of nitrogens with two attached hydrogens (primary N) is 1. The molecular formula is C11H12ClNO. The van der Waals surface area contributed by atoms with Gasteiger partial charge in [0, 0.05) is 22.0 Å². The predicted molar refractivity (Wildman–Crippen MR) is 55.8 cm³/mol. The molecule has 0 unspecified atom stereocenters.